The van der Waals surface area contributed by atoms with Crippen LogP contribution in [0.4, 0.5) is 0 Å². The number of aromatic nitrogens is 2. The van der Waals surface area contributed by atoms with E-state index < -0.39 is 5.91 Å². The van der Waals surface area contributed by atoms with Crippen molar-refractivity contribution in [3.8, 4) is 0 Å². The van der Waals surface area contributed by atoms with E-state index >= 15 is 0 Å². The van der Waals surface area contributed by atoms with Gasteiger partial charge in [-0.2, -0.15) is 0 Å². The summed E-state index contributed by atoms with van der Waals surface area (Å²) >= 11 is 0. The largest absolute Gasteiger partial charge is 0.366 e. The highest BCUT2D eigenvalue weighted by Gasteiger charge is 2.29. The molecule has 2 aromatic heterocycles. The van der Waals surface area contributed by atoms with Crippen molar-refractivity contribution in [2.24, 2.45) is 11.7 Å². The lowest BCUT2D eigenvalue weighted by Gasteiger charge is -2.31. The molecule has 1 saturated carbocycles. The highest BCUT2D eigenvalue weighted by molar-refractivity contribution is 6.15. The fraction of sp³-hybridized carbons (Fsp3) is 0.308. The molecule has 8 nitrogen and oxygen atoms in total. The van der Waals surface area contributed by atoms with Crippen molar-refractivity contribution in [2.45, 2.75) is 38.6 Å². The average molecular weight is 459 g/mol. The van der Waals surface area contributed by atoms with E-state index in [9.17, 15) is 14.4 Å². The minimum absolute atomic E-state index is 0.0794. The monoisotopic (exact) mass is 458 g/mol. The second kappa shape index (κ2) is 8.78. The van der Waals surface area contributed by atoms with Crippen molar-refractivity contribution in [2.75, 3.05) is 6.54 Å². The zero-order chi connectivity index (χ0) is 23.8. The third kappa shape index (κ3) is 3.75. The molecule has 2 aromatic carbocycles. The molecule has 1 aliphatic rings. The molecule has 0 spiro atoms. The maximum atomic E-state index is 13.6. The standard InChI is InChI=1S/C26H26N4O4/c1-15-21-23(29-34-15)22-19(24(27)31)11-6-12-20(22)30(26(21)33)18-10-5-7-16(13-18)14-28-25(32)17-8-3-2-4-9-17/h2-4,6,8-9,11-12,16,18H,5,7,10,13-14H2,1H3,(H2,27,31)(H,28,32). The number of carbonyl (C=O) groups excluding carboxylic acids is 2. The Hall–Kier alpha value is -3.94. The number of nitrogens with two attached hydrogens (primary N) is 1. The van der Waals surface area contributed by atoms with Crippen LogP contribution in [-0.2, 0) is 0 Å². The van der Waals surface area contributed by atoms with E-state index in [1.165, 1.54) is 0 Å². The molecule has 5 rings (SSSR count). The van der Waals surface area contributed by atoms with Crippen LogP contribution in [0.25, 0.3) is 21.8 Å². The number of rotatable bonds is 5. The number of carbonyl (C=O) groups is 2. The van der Waals surface area contributed by atoms with Crippen molar-refractivity contribution >= 4 is 33.6 Å². The quantitative estimate of drug-likeness (QED) is 0.472. The molecule has 0 bridgehead atoms. The van der Waals surface area contributed by atoms with E-state index in [1.54, 1.807) is 35.8 Å². The molecule has 2 unspecified atom stereocenters. The summed E-state index contributed by atoms with van der Waals surface area (Å²) in [5, 5.41) is 8.04. The SMILES string of the molecule is Cc1onc2c1c(=O)n(C1CCCC(CNC(=O)c3ccccc3)C1)c1cccc(C(N)=O)c21. The van der Waals surface area contributed by atoms with Gasteiger partial charge in [0.1, 0.15) is 16.7 Å². The third-order valence-electron chi connectivity index (χ3n) is 6.81. The maximum Gasteiger partial charge on any atom is 0.264 e. The predicted octanol–water partition coefficient (Wildman–Crippen LogP) is 3.71. The van der Waals surface area contributed by atoms with Crippen LogP contribution < -0.4 is 16.6 Å². The molecule has 0 aliphatic heterocycles. The van der Waals surface area contributed by atoms with Crippen molar-refractivity contribution in [1.29, 1.82) is 0 Å². The number of amides is 2. The van der Waals surface area contributed by atoms with Crippen LogP contribution in [0.3, 0.4) is 0 Å². The van der Waals surface area contributed by atoms with Crippen LogP contribution in [-0.4, -0.2) is 28.1 Å². The summed E-state index contributed by atoms with van der Waals surface area (Å²) in [5.41, 5.74) is 7.41. The molecule has 3 N–H and O–H groups in total. The molecule has 174 valence electrons. The summed E-state index contributed by atoms with van der Waals surface area (Å²) in [6, 6.07) is 14.3. The topological polar surface area (TPSA) is 120 Å². The minimum Gasteiger partial charge on any atom is -0.366 e. The highest BCUT2D eigenvalue weighted by Crippen LogP contribution is 2.36. The van der Waals surface area contributed by atoms with Crippen LogP contribution in [0.5, 0.6) is 0 Å². The lowest BCUT2D eigenvalue weighted by atomic mass is 9.85. The van der Waals surface area contributed by atoms with Gasteiger partial charge in [0, 0.05) is 23.5 Å². The number of nitrogens with zero attached hydrogens (tertiary/aromatic N) is 2. The number of hydrogen-bond donors (Lipinski definition) is 2. The normalized spacial score (nSPS) is 18.3. The first-order valence-corrected chi connectivity index (χ1v) is 11.5. The molecule has 2 atom stereocenters. The number of primary amides is 1. The Labute approximate surface area is 195 Å². The average Bonchev–Trinajstić information content (AvgIpc) is 3.25. The zero-order valence-electron chi connectivity index (χ0n) is 18.9. The molecule has 1 fully saturated rings. The highest BCUT2D eigenvalue weighted by atomic mass is 16.5. The molecular formula is C26H26N4O4. The fourth-order valence-corrected chi connectivity index (χ4v) is 5.19. The van der Waals surface area contributed by atoms with Crippen molar-refractivity contribution in [1.82, 2.24) is 15.0 Å². The summed E-state index contributed by atoms with van der Waals surface area (Å²) in [6.07, 6.45) is 3.47. The first-order chi connectivity index (χ1) is 16.5. The lowest BCUT2D eigenvalue weighted by Crippen LogP contribution is -2.35. The summed E-state index contributed by atoms with van der Waals surface area (Å²) in [7, 11) is 0. The van der Waals surface area contributed by atoms with E-state index in [4.69, 9.17) is 10.3 Å². The van der Waals surface area contributed by atoms with E-state index in [-0.39, 0.29) is 23.4 Å². The van der Waals surface area contributed by atoms with E-state index in [2.05, 4.69) is 10.5 Å². The van der Waals surface area contributed by atoms with Crippen LogP contribution in [0.2, 0.25) is 0 Å². The van der Waals surface area contributed by atoms with Gasteiger partial charge in [0.25, 0.3) is 11.5 Å². The van der Waals surface area contributed by atoms with Crippen LogP contribution in [0.15, 0.2) is 57.8 Å². The van der Waals surface area contributed by atoms with Gasteiger partial charge in [-0.1, -0.05) is 35.8 Å². The van der Waals surface area contributed by atoms with Gasteiger partial charge in [0.15, 0.2) is 0 Å². The van der Waals surface area contributed by atoms with Crippen LogP contribution in [0, 0.1) is 12.8 Å². The minimum atomic E-state index is -0.581. The summed E-state index contributed by atoms with van der Waals surface area (Å²) in [4.78, 5) is 38.3. The molecule has 4 aromatic rings. The maximum absolute atomic E-state index is 13.6. The Balaban J connectivity index is 1.51. The number of hydrogen-bond acceptors (Lipinski definition) is 5. The Morgan fingerprint density at radius 1 is 1.12 bits per heavy atom. The Morgan fingerprint density at radius 3 is 2.68 bits per heavy atom. The third-order valence-corrected chi connectivity index (χ3v) is 6.81. The van der Waals surface area contributed by atoms with Gasteiger partial charge in [-0.15, -0.1) is 0 Å². The Kier molecular flexibility index (Phi) is 5.65. The van der Waals surface area contributed by atoms with Gasteiger partial charge >= 0.3 is 0 Å². The number of pyridine rings is 1. The van der Waals surface area contributed by atoms with E-state index in [1.807, 2.05) is 24.3 Å². The first kappa shape index (κ1) is 21.9. The second-order valence-corrected chi connectivity index (χ2v) is 8.96. The molecular weight excluding hydrogens is 432 g/mol. The van der Waals surface area contributed by atoms with E-state index in [0.717, 1.165) is 25.7 Å². The molecule has 2 amide bonds. The molecule has 0 radical (unpaired) electrons. The molecule has 1 aliphatic carbocycles. The molecule has 34 heavy (non-hydrogen) atoms. The van der Waals surface area contributed by atoms with E-state index in [0.29, 0.717) is 45.2 Å². The smallest absolute Gasteiger partial charge is 0.264 e. The van der Waals surface area contributed by atoms with Gasteiger partial charge < -0.3 is 20.1 Å². The van der Waals surface area contributed by atoms with Crippen molar-refractivity contribution in [3.63, 3.8) is 0 Å². The van der Waals surface area contributed by atoms with Gasteiger partial charge in [-0.25, -0.2) is 0 Å². The van der Waals surface area contributed by atoms with Crippen molar-refractivity contribution in [3.05, 3.63) is 75.8 Å². The second-order valence-electron chi connectivity index (χ2n) is 8.96. The molecule has 8 heteroatoms. The number of fused-ring (bicyclic) bond motifs is 3. The first-order valence-electron chi connectivity index (χ1n) is 11.5. The lowest BCUT2D eigenvalue weighted by molar-refractivity contribution is 0.0939. The summed E-state index contributed by atoms with van der Waals surface area (Å²) < 4.78 is 7.12. The number of benzene rings is 2. The Bertz CT molecular complexity index is 1450. The summed E-state index contributed by atoms with van der Waals surface area (Å²) in [6.45, 7) is 2.24. The van der Waals surface area contributed by atoms with Crippen LogP contribution >= 0.6 is 0 Å². The van der Waals surface area contributed by atoms with Gasteiger partial charge in [0.05, 0.1) is 11.1 Å². The number of nitrogens with one attached hydrogen (secondary N) is 1. The fourth-order valence-electron chi connectivity index (χ4n) is 5.19. The zero-order valence-corrected chi connectivity index (χ0v) is 18.9. The van der Waals surface area contributed by atoms with Gasteiger partial charge in [-0.3, -0.25) is 14.4 Å². The molecule has 2 heterocycles. The predicted molar refractivity (Wildman–Crippen MR) is 129 cm³/mol. The number of aryl methyl sites for hydroxylation is 1. The summed E-state index contributed by atoms with van der Waals surface area (Å²) in [5.74, 6) is -0.0368. The Morgan fingerprint density at radius 2 is 1.91 bits per heavy atom. The van der Waals surface area contributed by atoms with Crippen LogP contribution in [0.1, 0.15) is 58.2 Å². The van der Waals surface area contributed by atoms with Gasteiger partial charge in [-0.05, 0) is 56.4 Å². The van der Waals surface area contributed by atoms with Gasteiger partial charge in [0.2, 0.25) is 5.91 Å². The molecule has 0 saturated heterocycles. The van der Waals surface area contributed by atoms with Crippen molar-refractivity contribution < 1.29 is 14.1 Å².